The quantitative estimate of drug-likeness (QED) is 0.376. The lowest BCUT2D eigenvalue weighted by molar-refractivity contribution is 0.444. The van der Waals surface area contributed by atoms with Crippen molar-refractivity contribution in [2.45, 2.75) is 52.4 Å². The average Bonchev–Trinajstić information content (AvgIpc) is 2.81. The lowest BCUT2D eigenvalue weighted by Gasteiger charge is -2.22. The van der Waals surface area contributed by atoms with Gasteiger partial charge in [-0.2, -0.15) is 0 Å². The molecule has 4 rings (SSSR count). The standard InChI is InChI=1S/C29H30F2/c1-3-7-21-12-16-23(17-13-21)26-18-29(31)27(19-28(26)30)25-9-6-5-8-24(25)22-14-10-20(4-2)11-15-22/h5-6,8-11,14-16,18-19,21H,3-4,7,12-13,17H2,1-2H3. The van der Waals surface area contributed by atoms with Crippen molar-refractivity contribution in [2.75, 3.05) is 0 Å². The molecule has 3 aromatic rings. The van der Waals surface area contributed by atoms with E-state index in [0.29, 0.717) is 17.0 Å². The number of hydrogen-bond acceptors (Lipinski definition) is 0. The SMILES string of the molecule is CCCC1CC=C(c2cc(F)c(-c3ccccc3-c3ccc(CC)cc3)cc2F)CC1. The predicted octanol–water partition coefficient (Wildman–Crippen LogP) is 8.84. The average molecular weight is 417 g/mol. The Bertz CT molecular complexity index is 1080. The summed E-state index contributed by atoms with van der Waals surface area (Å²) in [7, 11) is 0. The van der Waals surface area contributed by atoms with Gasteiger partial charge in [-0.15, -0.1) is 0 Å². The molecule has 0 nitrogen and oxygen atoms in total. The molecule has 2 heteroatoms. The molecule has 1 atom stereocenters. The van der Waals surface area contributed by atoms with Crippen LogP contribution in [0.15, 0.2) is 66.7 Å². The molecular formula is C29H30F2. The maximum Gasteiger partial charge on any atom is 0.131 e. The predicted molar refractivity (Wildman–Crippen MR) is 127 cm³/mol. The zero-order valence-electron chi connectivity index (χ0n) is 18.4. The Morgan fingerprint density at radius 3 is 2.13 bits per heavy atom. The highest BCUT2D eigenvalue weighted by Gasteiger charge is 2.20. The van der Waals surface area contributed by atoms with Crippen molar-refractivity contribution < 1.29 is 8.78 Å². The van der Waals surface area contributed by atoms with Gasteiger partial charge < -0.3 is 0 Å². The van der Waals surface area contributed by atoms with Crippen molar-refractivity contribution in [3.05, 3.63) is 89.5 Å². The van der Waals surface area contributed by atoms with Crippen LogP contribution in [0.4, 0.5) is 8.78 Å². The highest BCUT2D eigenvalue weighted by molar-refractivity contribution is 5.84. The van der Waals surface area contributed by atoms with E-state index >= 15 is 8.78 Å². The van der Waals surface area contributed by atoms with Crippen LogP contribution in [0.5, 0.6) is 0 Å². The third-order valence-corrected chi connectivity index (χ3v) is 6.51. The van der Waals surface area contributed by atoms with Gasteiger partial charge in [0.05, 0.1) is 0 Å². The lowest BCUT2D eigenvalue weighted by atomic mass is 9.83. The summed E-state index contributed by atoms with van der Waals surface area (Å²) in [4.78, 5) is 0. The summed E-state index contributed by atoms with van der Waals surface area (Å²) in [6, 6.07) is 18.7. The molecule has 3 aromatic carbocycles. The molecule has 1 aliphatic carbocycles. The Morgan fingerprint density at radius 2 is 1.48 bits per heavy atom. The van der Waals surface area contributed by atoms with Crippen LogP contribution in [0, 0.1) is 17.6 Å². The van der Waals surface area contributed by atoms with Gasteiger partial charge in [0.2, 0.25) is 0 Å². The molecule has 0 aromatic heterocycles. The fourth-order valence-corrected chi connectivity index (χ4v) is 4.69. The number of allylic oxidation sites excluding steroid dienone is 2. The van der Waals surface area contributed by atoms with Gasteiger partial charge in [-0.1, -0.05) is 81.3 Å². The number of halogens is 2. The Hall–Kier alpha value is -2.74. The minimum atomic E-state index is -0.370. The minimum absolute atomic E-state index is 0.316. The molecule has 0 aliphatic heterocycles. The first-order valence-corrected chi connectivity index (χ1v) is 11.5. The van der Waals surface area contributed by atoms with Crippen molar-refractivity contribution in [1.82, 2.24) is 0 Å². The van der Waals surface area contributed by atoms with Crippen LogP contribution in [0.2, 0.25) is 0 Å². The molecule has 0 fully saturated rings. The second-order valence-electron chi connectivity index (χ2n) is 8.57. The van der Waals surface area contributed by atoms with Crippen LogP contribution in [0.3, 0.4) is 0 Å². The summed E-state index contributed by atoms with van der Waals surface area (Å²) >= 11 is 0. The number of hydrogen-bond donors (Lipinski definition) is 0. The molecule has 1 unspecified atom stereocenters. The van der Waals surface area contributed by atoms with Gasteiger partial charge in [0.15, 0.2) is 0 Å². The topological polar surface area (TPSA) is 0 Å². The van der Waals surface area contributed by atoms with Crippen molar-refractivity contribution in [3.8, 4) is 22.3 Å². The molecule has 0 saturated heterocycles. The van der Waals surface area contributed by atoms with E-state index in [4.69, 9.17) is 0 Å². The van der Waals surface area contributed by atoms with Crippen LogP contribution in [0.25, 0.3) is 27.8 Å². The van der Waals surface area contributed by atoms with Crippen LogP contribution in [-0.2, 0) is 6.42 Å². The number of rotatable bonds is 6. The Balaban J connectivity index is 1.70. The van der Waals surface area contributed by atoms with Gasteiger partial charge in [-0.05, 0) is 71.6 Å². The number of benzene rings is 3. The molecule has 0 N–H and O–H groups in total. The third-order valence-electron chi connectivity index (χ3n) is 6.51. The van der Waals surface area contributed by atoms with E-state index in [1.807, 2.05) is 24.3 Å². The van der Waals surface area contributed by atoms with Gasteiger partial charge in [-0.3, -0.25) is 0 Å². The molecule has 0 radical (unpaired) electrons. The Labute approximate surface area is 184 Å². The molecule has 0 spiro atoms. The molecule has 0 bridgehead atoms. The zero-order valence-corrected chi connectivity index (χ0v) is 18.4. The van der Waals surface area contributed by atoms with Crippen LogP contribution < -0.4 is 0 Å². The van der Waals surface area contributed by atoms with Crippen molar-refractivity contribution >= 4 is 5.57 Å². The van der Waals surface area contributed by atoms with Gasteiger partial charge >= 0.3 is 0 Å². The van der Waals surface area contributed by atoms with E-state index in [2.05, 4.69) is 44.2 Å². The lowest BCUT2D eigenvalue weighted by Crippen LogP contribution is -2.06. The monoisotopic (exact) mass is 416 g/mol. The Kier molecular flexibility index (Phi) is 6.65. The molecule has 0 saturated carbocycles. The maximum atomic E-state index is 15.3. The summed E-state index contributed by atoms with van der Waals surface area (Å²) in [6.45, 7) is 4.32. The van der Waals surface area contributed by atoms with E-state index < -0.39 is 0 Å². The fourth-order valence-electron chi connectivity index (χ4n) is 4.69. The van der Waals surface area contributed by atoms with Gasteiger partial charge in [0.1, 0.15) is 11.6 Å². The molecular weight excluding hydrogens is 386 g/mol. The van der Waals surface area contributed by atoms with E-state index in [0.717, 1.165) is 47.9 Å². The van der Waals surface area contributed by atoms with E-state index in [1.54, 1.807) is 0 Å². The Morgan fingerprint density at radius 1 is 0.806 bits per heavy atom. The van der Waals surface area contributed by atoms with E-state index in [9.17, 15) is 0 Å². The summed E-state index contributed by atoms with van der Waals surface area (Å²) in [5.74, 6) is -0.0368. The van der Waals surface area contributed by atoms with Crippen LogP contribution >= 0.6 is 0 Å². The number of aryl methyl sites for hydroxylation is 1. The van der Waals surface area contributed by atoms with Gasteiger partial charge in [-0.25, -0.2) is 8.78 Å². The van der Waals surface area contributed by atoms with Crippen molar-refractivity contribution in [2.24, 2.45) is 5.92 Å². The fraction of sp³-hybridized carbons (Fsp3) is 0.310. The summed E-state index contributed by atoms with van der Waals surface area (Å²) in [5, 5.41) is 0. The molecule has 0 heterocycles. The summed E-state index contributed by atoms with van der Waals surface area (Å²) < 4.78 is 30.5. The highest BCUT2D eigenvalue weighted by atomic mass is 19.1. The first-order valence-electron chi connectivity index (χ1n) is 11.5. The zero-order chi connectivity index (χ0) is 21.8. The minimum Gasteiger partial charge on any atom is -0.206 e. The smallest absolute Gasteiger partial charge is 0.131 e. The van der Waals surface area contributed by atoms with Crippen molar-refractivity contribution in [3.63, 3.8) is 0 Å². The van der Waals surface area contributed by atoms with Gasteiger partial charge in [0, 0.05) is 11.1 Å². The van der Waals surface area contributed by atoms with Crippen LogP contribution in [0.1, 0.15) is 57.1 Å². The first-order chi connectivity index (χ1) is 15.1. The normalized spacial score (nSPS) is 16.3. The molecule has 31 heavy (non-hydrogen) atoms. The molecule has 1 aliphatic rings. The van der Waals surface area contributed by atoms with Crippen LogP contribution in [-0.4, -0.2) is 0 Å². The van der Waals surface area contributed by atoms with Gasteiger partial charge in [0.25, 0.3) is 0 Å². The third kappa shape index (κ3) is 4.63. The maximum absolute atomic E-state index is 15.3. The first kappa shape index (κ1) is 21.5. The summed E-state index contributed by atoms with van der Waals surface area (Å²) in [6.07, 6.45) is 8.30. The molecule has 0 amide bonds. The largest absolute Gasteiger partial charge is 0.206 e. The second kappa shape index (κ2) is 9.60. The van der Waals surface area contributed by atoms with Crippen molar-refractivity contribution in [1.29, 1.82) is 0 Å². The highest BCUT2D eigenvalue weighted by Crippen LogP contribution is 2.38. The summed E-state index contributed by atoms with van der Waals surface area (Å²) in [5.41, 5.74) is 5.57. The second-order valence-corrected chi connectivity index (χ2v) is 8.57. The van der Waals surface area contributed by atoms with E-state index in [-0.39, 0.29) is 11.6 Å². The molecule has 160 valence electrons. The van der Waals surface area contributed by atoms with E-state index in [1.165, 1.54) is 30.5 Å².